The summed E-state index contributed by atoms with van der Waals surface area (Å²) < 4.78 is 0. The topological polar surface area (TPSA) is 41.1 Å². The van der Waals surface area contributed by atoms with Gasteiger partial charge >= 0.3 is 0 Å². The van der Waals surface area contributed by atoms with E-state index in [1.54, 1.807) is 0 Å². The van der Waals surface area contributed by atoms with Crippen molar-refractivity contribution in [1.82, 2.24) is 10.6 Å². The van der Waals surface area contributed by atoms with Gasteiger partial charge in [0.15, 0.2) is 0 Å². The highest BCUT2D eigenvalue weighted by Crippen LogP contribution is 2.04. The van der Waals surface area contributed by atoms with Gasteiger partial charge < -0.3 is 10.6 Å². The Labute approximate surface area is 85.6 Å². The molecule has 14 heavy (non-hydrogen) atoms. The number of rotatable bonds is 5. The lowest BCUT2D eigenvalue weighted by atomic mass is 10.2. The smallest absolute Gasteiger partial charge is 0.237 e. The number of carbonyl (C=O) groups is 1. The highest BCUT2D eigenvalue weighted by Gasteiger charge is 2.20. The molecule has 1 amide bonds. The van der Waals surface area contributed by atoms with Crippen LogP contribution in [0, 0.1) is 12.3 Å². The predicted molar refractivity (Wildman–Crippen MR) is 56.7 cm³/mol. The Hall–Kier alpha value is -1.01. The van der Waals surface area contributed by atoms with Gasteiger partial charge in [-0.25, -0.2) is 0 Å². The van der Waals surface area contributed by atoms with Crippen molar-refractivity contribution in [2.45, 2.75) is 38.1 Å². The van der Waals surface area contributed by atoms with Crippen LogP contribution in [-0.2, 0) is 4.79 Å². The van der Waals surface area contributed by atoms with E-state index in [2.05, 4.69) is 16.6 Å². The zero-order valence-corrected chi connectivity index (χ0v) is 8.51. The average molecular weight is 194 g/mol. The SMILES string of the molecule is C#CCCCCNC(=O)[C@@H]1CCCN1. The first kappa shape index (κ1) is 11.1. The van der Waals surface area contributed by atoms with E-state index in [1.807, 2.05) is 0 Å². The van der Waals surface area contributed by atoms with E-state index in [4.69, 9.17) is 6.42 Å². The summed E-state index contributed by atoms with van der Waals surface area (Å²) in [4.78, 5) is 11.5. The van der Waals surface area contributed by atoms with Crippen molar-refractivity contribution in [2.24, 2.45) is 0 Å². The molecular weight excluding hydrogens is 176 g/mol. The second-order valence-electron chi connectivity index (χ2n) is 3.60. The first-order chi connectivity index (χ1) is 6.84. The Morgan fingerprint density at radius 2 is 2.43 bits per heavy atom. The lowest BCUT2D eigenvalue weighted by Crippen LogP contribution is -2.40. The van der Waals surface area contributed by atoms with E-state index in [9.17, 15) is 4.79 Å². The van der Waals surface area contributed by atoms with Crippen LogP contribution in [0.3, 0.4) is 0 Å². The number of amides is 1. The molecule has 0 unspecified atom stereocenters. The van der Waals surface area contributed by atoms with E-state index in [0.29, 0.717) is 0 Å². The number of carbonyl (C=O) groups excluding carboxylic acids is 1. The second kappa shape index (κ2) is 6.44. The molecule has 0 bridgehead atoms. The molecule has 0 aromatic heterocycles. The van der Waals surface area contributed by atoms with Gasteiger partial charge in [-0.05, 0) is 32.2 Å². The molecule has 78 valence electrons. The number of terminal acetylenes is 1. The van der Waals surface area contributed by atoms with Gasteiger partial charge in [0.05, 0.1) is 6.04 Å². The summed E-state index contributed by atoms with van der Waals surface area (Å²) in [6.07, 6.45) is 9.97. The summed E-state index contributed by atoms with van der Waals surface area (Å²) in [6, 6.07) is 0.0441. The molecule has 3 nitrogen and oxygen atoms in total. The Morgan fingerprint density at radius 3 is 3.07 bits per heavy atom. The maximum Gasteiger partial charge on any atom is 0.237 e. The van der Waals surface area contributed by atoms with Crippen molar-refractivity contribution < 1.29 is 4.79 Å². The van der Waals surface area contributed by atoms with Crippen LogP contribution in [0.4, 0.5) is 0 Å². The molecular formula is C11H18N2O. The molecule has 1 atom stereocenters. The minimum Gasteiger partial charge on any atom is -0.355 e. The van der Waals surface area contributed by atoms with Crippen molar-refractivity contribution in [1.29, 1.82) is 0 Å². The van der Waals surface area contributed by atoms with Crippen LogP contribution in [0.1, 0.15) is 32.1 Å². The average Bonchev–Trinajstić information content (AvgIpc) is 2.70. The molecule has 1 fully saturated rings. The molecule has 1 saturated heterocycles. The van der Waals surface area contributed by atoms with Crippen molar-refractivity contribution in [2.75, 3.05) is 13.1 Å². The molecule has 1 heterocycles. The molecule has 1 aliphatic heterocycles. The Morgan fingerprint density at radius 1 is 1.57 bits per heavy atom. The summed E-state index contributed by atoms with van der Waals surface area (Å²) in [5.41, 5.74) is 0. The first-order valence-electron chi connectivity index (χ1n) is 5.29. The maximum absolute atomic E-state index is 11.5. The summed E-state index contributed by atoms with van der Waals surface area (Å²) in [5.74, 6) is 2.73. The fraction of sp³-hybridized carbons (Fsp3) is 0.727. The maximum atomic E-state index is 11.5. The molecule has 0 radical (unpaired) electrons. The third kappa shape index (κ3) is 3.80. The Balaban J connectivity index is 2.00. The van der Waals surface area contributed by atoms with Crippen molar-refractivity contribution >= 4 is 5.91 Å². The number of nitrogens with one attached hydrogen (secondary N) is 2. The summed E-state index contributed by atoms with van der Waals surface area (Å²) >= 11 is 0. The highest BCUT2D eigenvalue weighted by molar-refractivity contribution is 5.81. The third-order valence-electron chi connectivity index (χ3n) is 2.42. The molecule has 0 saturated carbocycles. The summed E-state index contributed by atoms with van der Waals surface area (Å²) in [5, 5.41) is 6.08. The zero-order valence-electron chi connectivity index (χ0n) is 8.51. The van der Waals surface area contributed by atoms with Gasteiger partial charge in [0, 0.05) is 13.0 Å². The number of hydrogen-bond donors (Lipinski definition) is 2. The van der Waals surface area contributed by atoms with Crippen LogP contribution in [0.15, 0.2) is 0 Å². The van der Waals surface area contributed by atoms with Gasteiger partial charge in [0.2, 0.25) is 5.91 Å². The van der Waals surface area contributed by atoms with E-state index in [0.717, 1.165) is 45.2 Å². The third-order valence-corrected chi connectivity index (χ3v) is 2.42. The van der Waals surface area contributed by atoms with Crippen LogP contribution in [0.2, 0.25) is 0 Å². The second-order valence-corrected chi connectivity index (χ2v) is 3.60. The lowest BCUT2D eigenvalue weighted by molar-refractivity contribution is -0.122. The normalized spacial score (nSPS) is 20.4. The predicted octanol–water partition coefficient (Wildman–Crippen LogP) is 0.658. The fourth-order valence-corrected chi connectivity index (χ4v) is 1.60. The standard InChI is InChI=1S/C11H18N2O/c1-2-3-4-5-8-13-11(14)10-7-6-9-12-10/h1,10,12H,3-9H2,(H,13,14)/t10-/m0/s1. The van der Waals surface area contributed by atoms with Crippen LogP contribution < -0.4 is 10.6 Å². The molecule has 3 heteroatoms. The monoisotopic (exact) mass is 194 g/mol. The van der Waals surface area contributed by atoms with Gasteiger partial charge in [-0.1, -0.05) is 0 Å². The minimum absolute atomic E-state index is 0.0441. The zero-order chi connectivity index (χ0) is 10.2. The van der Waals surface area contributed by atoms with E-state index < -0.39 is 0 Å². The molecule has 1 rings (SSSR count). The summed E-state index contributed by atoms with van der Waals surface area (Å²) in [6.45, 7) is 1.72. The molecule has 2 N–H and O–H groups in total. The summed E-state index contributed by atoms with van der Waals surface area (Å²) in [7, 11) is 0. The van der Waals surface area contributed by atoms with Gasteiger partial charge in [-0.15, -0.1) is 12.3 Å². The van der Waals surface area contributed by atoms with Gasteiger partial charge in [0.1, 0.15) is 0 Å². The number of unbranched alkanes of at least 4 members (excludes halogenated alkanes) is 2. The molecule has 0 spiro atoms. The largest absolute Gasteiger partial charge is 0.355 e. The quantitative estimate of drug-likeness (QED) is 0.498. The van der Waals surface area contributed by atoms with Crippen molar-refractivity contribution in [3.05, 3.63) is 0 Å². The minimum atomic E-state index is 0.0441. The lowest BCUT2D eigenvalue weighted by Gasteiger charge is -2.10. The van der Waals surface area contributed by atoms with E-state index >= 15 is 0 Å². The van der Waals surface area contributed by atoms with Gasteiger partial charge in [-0.2, -0.15) is 0 Å². The molecule has 0 aliphatic carbocycles. The van der Waals surface area contributed by atoms with E-state index in [-0.39, 0.29) is 11.9 Å². The van der Waals surface area contributed by atoms with Crippen LogP contribution in [-0.4, -0.2) is 25.0 Å². The van der Waals surface area contributed by atoms with Gasteiger partial charge in [-0.3, -0.25) is 4.79 Å². The Kier molecular flexibility index (Phi) is 5.09. The van der Waals surface area contributed by atoms with Crippen LogP contribution >= 0.6 is 0 Å². The Bertz CT molecular complexity index is 214. The molecule has 1 aliphatic rings. The van der Waals surface area contributed by atoms with Crippen LogP contribution in [0.5, 0.6) is 0 Å². The number of hydrogen-bond acceptors (Lipinski definition) is 2. The van der Waals surface area contributed by atoms with Crippen molar-refractivity contribution in [3.63, 3.8) is 0 Å². The fourth-order valence-electron chi connectivity index (χ4n) is 1.60. The van der Waals surface area contributed by atoms with Gasteiger partial charge in [0.25, 0.3) is 0 Å². The molecule has 0 aromatic rings. The van der Waals surface area contributed by atoms with Crippen molar-refractivity contribution in [3.8, 4) is 12.3 Å². The van der Waals surface area contributed by atoms with Crippen LogP contribution in [0.25, 0.3) is 0 Å². The first-order valence-corrected chi connectivity index (χ1v) is 5.29. The van der Waals surface area contributed by atoms with E-state index in [1.165, 1.54) is 0 Å². The highest BCUT2D eigenvalue weighted by atomic mass is 16.2. The molecule has 0 aromatic carbocycles.